The van der Waals surface area contributed by atoms with E-state index in [1.54, 1.807) is 4.90 Å². The minimum absolute atomic E-state index is 0.0287. The molecule has 9 heteroatoms. The molecule has 1 fully saturated rings. The van der Waals surface area contributed by atoms with Crippen molar-refractivity contribution in [2.75, 3.05) is 36.5 Å². The highest BCUT2D eigenvalue weighted by Crippen LogP contribution is 2.23. The number of nitrogens with zero attached hydrogens (tertiary/aromatic N) is 4. The van der Waals surface area contributed by atoms with Crippen LogP contribution in [0.3, 0.4) is 0 Å². The number of nitrogen functional groups attached to an aromatic ring is 1. The molecule has 1 aromatic heterocycles. The second kappa shape index (κ2) is 5.70. The molecule has 0 aliphatic carbocycles. The fraction of sp³-hybridized carbons (Fsp3) is 0.455. The normalized spacial score (nSPS) is 15.1. The summed E-state index contributed by atoms with van der Waals surface area (Å²) in [6.45, 7) is 3.84. The number of amides is 1. The van der Waals surface area contributed by atoms with E-state index in [9.17, 15) is 14.9 Å². The van der Waals surface area contributed by atoms with Gasteiger partial charge in [0.15, 0.2) is 0 Å². The number of aromatic nitrogens is 1. The van der Waals surface area contributed by atoms with Crippen molar-refractivity contribution in [1.82, 2.24) is 9.88 Å². The van der Waals surface area contributed by atoms with Crippen LogP contribution in [0.1, 0.15) is 6.92 Å². The number of piperazine rings is 1. The van der Waals surface area contributed by atoms with E-state index in [4.69, 9.17) is 5.84 Å². The van der Waals surface area contributed by atoms with E-state index < -0.39 is 4.92 Å². The lowest BCUT2D eigenvalue weighted by Gasteiger charge is -2.34. The highest BCUT2D eigenvalue weighted by Gasteiger charge is 2.21. The summed E-state index contributed by atoms with van der Waals surface area (Å²) in [6.07, 6.45) is 0. The van der Waals surface area contributed by atoms with Crippen LogP contribution in [0, 0.1) is 10.1 Å². The number of nitrogens with two attached hydrogens (primary N) is 1. The number of pyridine rings is 1. The number of rotatable bonds is 3. The molecule has 0 atom stereocenters. The summed E-state index contributed by atoms with van der Waals surface area (Å²) in [5.41, 5.74) is 2.25. The summed E-state index contributed by atoms with van der Waals surface area (Å²) < 4.78 is 0. The first-order chi connectivity index (χ1) is 9.51. The maximum atomic E-state index is 11.3. The number of hydrogen-bond acceptors (Lipinski definition) is 7. The highest BCUT2D eigenvalue weighted by molar-refractivity contribution is 5.73. The monoisotopic (exact) mass is 280 g/mol. The number of anilines is 2. The van der Waals surface area contributed by atoms with E-state index in [-0.39, 0.29) is 17.4 Å². The number of hydrazine groups is 1. The van der Waals surface area contributed by atoms with Gasteiger partial charge in [-0.25, -0.2) is 10.8 Å². The molecular weight excluding hydrogens is 264 g/mol. The zero-order chi connectivity index (χ0) is 14.7. The van der Waals surface area contributed by atoms with Gasteiger partial charge in [0.25, 0.3) is 5.69 Å². The third-order valence-corrected chi connectivity index (χ3v) is 3.20. The third kappa shape index (κ3) is 2.94. The quantitative estimate of drug-likeness (QED) is 0.452. The molecule has 20 heavy (non-hydrogen) atoms. The summed E-state index contributed by atoms with van der Waals surface area (Å²) in [7, 11) is 0. The molecule has 1 amide bonds. The number of nitro groups is 1. The molecule has 1 saturated heterocycles. The average Bonchev–Trinajstić information content (AvgIpc) is 2.46. The van der Waals surface area contributed by atoms with Gasteiger partial charge in [-0.2, -0.15) is 0 Å². The number of carbonyl (C=O) groups is 1. The SMILES string of the molecule is CC(=O)N1CCN(c2cc([N+](=O)[O-])cc(NN)n2)CC1. The van der Waals surface area contributed by atoms with Crippen molar-refractivity contribution in [2.45, 2.75) is 6.92 Å². The molecule has 0 unspecified atom stereocenters. The molecule has 0 spiro atoms. The Bertz CT molecular complexity index is 527. The van der Waals surface area contributed by atoms with Crippen LogP contribution < -0.4 is 16.2 Å². The van der Waals surface area contributed by atoms with E-state index in [0.29, 0.717) is 32.0 Å². The van der Waals surface area contributed by atoms with E-state index in [2.05, 4.69) is 10.4 Å². The van der Waals surface area contributed by atoms with Crippen LogP contribution in [0.5, 0.6) is 0 Å². The van der Waals surface area contributed by atoms with Gasteiger partial charge in [0.05, 0.1) is 17.1 Å². The predicted molar refractivity (Wildman–Crippen MR) is 73.2 cm³/mol. The largest absolute Gasteiger partial charge is 0.353 e. The van der Waals surface area contributed by atoms with Crippen LogP contribution >= 0.6 is 0 Å². The average molecular weight is 280 g/mol. The maximum absolute atomic E-state index is 11.3. The van der Waals surface area contributed by atoms with E-state index in [1.165, 1.54) is 19.1 Å². The number of hydrogen-bond donors (Lipinski definition) is 2. The third-order valence-electron chi connectivity index (χ3n) is 3.20. The minimum atomic E-state index is -0.488. The molecule has 9 nitrogen and oxygen atoms in total. The van der Waals surface area contributed by atoms with Crippen molar-refractivity contribution < 1.29 is 9.72 Å². The van der Waals surface area contributed by atoms with Gasteiger partial charge in [-0.3, -0.25) is 14.9 Å². The van der Waals surface area contributed by atoms with Gasteiger partial charge in [-0.05, 0) is 0 Å². The summed E-state index contributed by atoms with van der Waals surface area (Å²) in [5.74, 6) is 6.02. The van der Waals surface area contributed by atoms with Crippen LogP contribution in [0.15, 0.2) is 12.1 Å². The summed E-state index contributed by atoms with van der Waals surface area (Å²) in [5, 5.41) is 10.9. The van der Waals surface area contributed by atoms with E-state index in [1.807, 2.05) is 4.90 Å². The first-order valence-corrected chi connectivity index (χ1v) is 6.15. The predicted octanol–water partition coefficient (Wildman–Crippen LogP) is -0.0561. The van der Waals surface area contributed by atoms with Crippen molar-refractivity contribution in [3.8, 4) is 0 Å². The van der Waals surface area contributed by atoms with Crippen molar-refractivity contribution in [2.24, 2.45) is 5.84 Å². The molecule has 0 aromatic carbocycles. The second-order valence-corrected chi connectivity index (χ2v) is 4.46. The molecule has 108 valence electrons. The van der Waals surface area contributed by atoms with Gasteiger partial charge in [0.2, 0.25) is 5.91 Å². The molecule has 1 aliphatic rings. The zero-order valence-corrected chi connectivity index (χ0v) is 11.1. The van der Waals surface area contributed by atoms with Crippen molar-refractivity contribution >= 4 is 23.2 Å². The summed E-state index contributed by atoms with van der Waals surface area (Å²) in [6, 6.07) is 2.68. The minimum Gasteiger partial charge on any atom is -0.353 e. The Hall–Kier alpha value is -2.42. The number of nitrogens with one attached hydrogen (secondary N) is 1. The fourth-order valence-corrected chi connectivity index (χ4v) is 2.09. The lowest BCUT2D eigenvalue weighted by atomic mass is 10.3. The van der Waals surface area contributed by atoms with E-state index in [0.717, 1.165) is 0 Å². The van der Waals surface area contributed by atoms with E-state index >= 15 is 0 Å². The Balaban J connectivity index is 2.19. The molecule has 0 saturated carbocycles. The fourth-order valence-electron chi connectivity index (χ4n) is 2.09. The smallest absolute Gasteiger partial charge is 0.276 e. The Morgan fingerprint density at radius 1 is 1.40 bits per heavy atom. The standard InChI is InChI=1S/C11H16N6O3/c1-8(18)15-2-4-16(5-3-15)11-7-9(17(19)20)6-10(13-11)14-12/h6-7H,2-5,12H2,1H3,(H,13,14). The zero-order valence-electron chi connectivity index (χ0n) is 11.1. The van der Waals surface area contributed by atoms with Gasteiger partial charge in [-0.1, -0.05) is 0 Å². The maximum Gasteiger partial charge on any atom is 0.276 e. The second-order valence-electron chi connectivity index (χ2n) is 4.46. The van der Waals surface area contributed by atoms with Gasteiger partial charge in [0, 0.05) is 33.1 Å². The van der Waals surface area contributed by atoms with Crippen LogP contribution in [-0.4, -0.2) is 46.9 Å². The topological polar surface area (TPSA) is 118 Å². The van der Waals surface area contributed by atoms with Crippen LogP contribution in [0.2, 0.25) is 0 Å². The molecule has 1 aliphatic heterocycles. The van der Waals surface area contributed by atoms with Crippen molar-refractivity contribution in [1.29, 1.82) is 0 Å². The van der Waals surface area contributed by atoms with Crippen LogP contribution in [0.25, 0.3) is 0 Å². The lowest BCUT2D eigenvalue weighted by Crippen LogP contribution is -2.48. The molecular formula is C11H16N6O3. The highest BCUT2D eigenvalue weighted by atomic mass is 16.6. The number of carbonyl (C=O) groups excluding carboxylic acids is 1. The molecule has 2 heterocycles. The Labute approximate surface area is 115 Å². The van der Waals surface area contributed by atoms with Crippen LogP contribution in [-0.2, 0) is 4.79 Å². The van der Waals surface area contributed by atoms with Crippen molar-refractivity contribution in [3.05, 3.63) is 22.2 Å². The Morgan fingerprint density at radius 2 is 2.05 bits per heavy atom. The van der Waals surface area contributed by atoms with Crippen LogP contribution in [0.4, 0.5) is 17.3 Å². The molecule has 1 aromatic rings. The molecule has 0 radical (unpaired) electrons. The van der Waals surface area contributed by atoms with Gasteiger partial charge in [-0.15, -0.1) is 0 Å². The Kier molecular flexibility index (Phi) is 3.99. The molecule has 3 N–H and O–H groups in total. The van der Waals surface area contributed by atoms with Crippen molar-refractivity contribution in [3.63, 3.8) is 0 Å². The Morgan fingerprint density at radius 3 is 2.55 bits per heavy atom. The summed E-state index contributed by atoms with van der Waals surface area (Å²) in [4.78, 5) is 29.5. The first kappa shape index (κ1) is 14.0. The molecule has 2 rings (SSSR count). The molecule has 0 bridgehead atoms. The van der Waals surface area contributed by atoms with Gasteiger partial charge < -0.3 is 15.2 Å². The van der Waals surface area contributed by atoms with Gasteiger partial charge >= 0.3 is 0 Å². The lowest BCUT2D eigenvalue weighted by molar-refractivity contribution is -0.384. The summed E-state index contributed by atoms with van der Waals surface area (Å²) >= 11 is 0. The first-order valence-electron chi connectivity index (χ1n) is 6.15. The van der Waals surface area contributed by atoms with Gasteiger partial charge in [0.1, 0.15) is 11.6 Å².